The topological polar surface area (TPSA) is 63.6 Å². The van der Waals surface area contributed by atoms with Gasteiger partial charge in [0.2, 0.25) is 0 Å². The van der Waals surface area contributed by atoms with Gasteiger partial charge in [-0.2, -0.15) is 0 Å². The van der Waals surface area contributed by atoms with Crippen molar-refractivity contribution < 1.29 is 19.4 Å². The summed E-state index contributed by atoms with van der Waals surface area (Å²) in [6.07, 6.45) is 24.3. The monoisotopic (exact) mass is 422 g/mol. The lowest BCUT2D eigenvalue weighted by molar-refractivity contribution is -0.151. The predicted octanol–water partition coefficient (Wildman–Crippen LogP) is 7.62. The van der Waals surface area contributed by atoms with Gasteiger partial charge in [0.05, 0.1) is 12.3 Å². The average Bonchev–Trinajstić information content (AvgIpc) is 2.73. The Morgan fingerprint density at radius 2 is 1.13 bits per heavy atom. The van der Waals surface area contributed by atoms with Crippen LogP contribution in [0.1, 0.15) is 116 Å². The first-order chi connectivity index (χ1) is 14.6. The van der Waals surface area contributed by atoms with Crippen molar-refractivity contribution >= 4 is 11.9 Å². The van der Waals surface area contributed by atoms with E-state index in [1.807, 2.05) is 6.08 Å². The van der Waals surface area contributed by atoms with Gasteiger partial charge in [-0.25, -0.2) is 0 Å². The van der Waals surface area contributed by atoms with Crippen LogP contribution in [0.2, 0.25) is 0 Å². The lowest BCUT2D eigenvalue weighted by atomic mass is 9.97. The molecule has 4 heteroatoms. The molecule has 0 saturated carbocycles. The van der Waals surface area contributed by atoms with Crippen molar-refractivity contribution in [2.45, 2.75) is 116 Å². The molecule has 0 spiro atoms. The average molecular weight is 423 g/mol. The quantitative estimate of drug-likeness (QED) is 0.104. The van der Waals surface area contributed by atoms with Crippen LogP contribution in [0.3, 0.4) is 0 Å². The zero-order chi connectivity index (χ0) is 22.3. The first kappa shape index (κ1) is 28.4. The summed E-state index contributed by atoms with van der Waals surface area (Å²) in [7, 11) is 0. The van der Waals surface area contributed by atoms with Gasteiger partial charge in [-0.3, -0.25) is 9.59 Å². The fourth-order valence-electron chi connectivity index (χ4n) is 3.70. The van der Waals surface area contributed by atoms with E-state index in [4.69, 9.17) is 4.74 Å². The number of ether oxygens (including phenoxy) is 1. The molecule has 0 aliphatic rings. The Morgan fingerprint density at radius 1 is 0.700 bits per heavy atom. The van der Waals surface area contributed by atoms with Gasteiger partial charge >= 0.3 is 11.9 Å². The molecule has 174 valence electrons. The summed E-state index contributed by atoms with van der Waals surface area (Å²) in [5.74, 6) is -1.99. The maximum atomic E-state index is 11.6. The maximum Gasteiger partial charge on any atom is 0.307 e. The first-order valence-corrected chi connectivity index (χ1v) is 12.2. The van der Waals surface area contributed by atoms with Crippen molar-refractivity contribution in [2.24, 2.45) is 5.92 Å². The van der Waals surface area contributed by atoms with E-state index < -0.39 is 17.9 Å². The van der Waals surface area contributed by atoms with Gasteiger partial charge in [0.15, 0.2) is 0 Å². The van der Waals surface area contributed by atoms with Crippen molar-refractivity contribution in [2.75, 3.05) is 6.61 Å². The highest BCUT2D eigenvalue weighted by Crippen LogP contribution is 2.17. The molecule has 0 rings (SSSR count). The molecule has 4 nitrogen and oxygen atoms in total. The molecular weight excluding hydrogens is 376 g/mol. The molecule has 1 unspecified atom stereocenters. The summed E-state index contributed by atoms with van der Waals surface area (Å²) in [4.78, 5) is 22.8. The molecule has 0 radical (unpaired) electrons. The van der Waals surface area contributed by atoms with E-state index in [1.165, 1.54) is 83.1 Å². The Balaban J connectivity index is 3.41. The minimum Gasteiger partial charge on any atom is -0.481 e. The lowest BCUT2D eigenvalue weighted by Crippen LogP contribution is -2.19. The molecule has 0 aliphatic carbocycles. The molecule has 0 fully saturated rings. The molecule has 0 amide bonds. The van der Waals surface area contributed by atoms with E-state index >= 15 is 0 Å². The van der Waals surface area contributed by atoms with E-state index in [-0.39, 0.29) is 13.0 Å². The molecule has 0 bridgehead atoms. The highest BCUT2D eigenvalue weighted by atomic mass is 16.5. The Bertz CT molecular complexity index is 444. The minimum absolute atomic E-state index is 0.0432. The molecule has 1 atom stereocenters. The largest absolute Gasteiger partial charge is 0.481 e. The Labute approximate surface area is 185 Å². The van der Waals surface area contributed by atoms with Gasteiger partial charge in [-0.1, -0.05) is 109 Å². The molecule has 1 N–H and O–H groups in total. The highest BCUT2D eigenvalue weighted by molar-refractivity contribution is 5.78. The van der Waals surface area contributed by atoms with Crippen LogP contribution in [0.25, 0.3) is 0 Å². The Kier molecular flexibility index (Phi) is 20.9. The number of carbonyl (C=O) groups excluding carboxylic acids is 1. The second-order valence-corrected chi connectivity index (χ2v) is 8.38. The lowest BCUT2D eigenvalue weighted by Gasteiger charge is -2.11. The highest BCUT2D eigenvalue weighted by Gasteiger charge is 2.21. The van der Waals surface area contributed by atoms with Crippen LogP contribution in [0, 0.1) is 5.92 Å². The summed E-state index contributed by atoms with van der Waals surface area (Å²) >= 11 is 0. The number of hydrogen-bond donors (Lipinski definition) is 1. The molecule has 30 heavy (non-hydrogen) atoms. The van der Waals surface area contributed by atoms with E-state index in [1.54, 1.807) is 0 Å². The fourth-order valence-corrected chi connectivity index (χ4v) is 3.70. The second kappa shape index (κ2) is 22.1. The van der Waals surface area contributed by atoms with Crippen molar-refractivity contribution in [1.82, 2.24) is 0 Å². The van der Waals surface area contributed by atoms with Gasteiger partial charge in [-0.15, -0.1) is 6.58 Å². The van der Waals surface area contributed by atoms with Gasteiger partial charge in [0, 0.05) is 0 Å². The summed E-state index contributed by atoms with van der Waals surface area (Å²) in [5, 5.41) is 9.25. The van der Waals surface area contributed by atoms with Crippen molar-refractivity contribution in [3.8, 4) is 0 Å². The van der Waals surface area contributed by atoms with Gasteiger partial charge < -0.3 is 9.84 Å². The van der Waals surface area contributed by atoms with Crippen molar-refractivity contribution in [1.29, 1.82) is 0 Å². The molecule has 0 saturated heterocycles. The zero-order valence-corrected chi connectivity index (χ0v) is 19.3. The summed E-state index contributed by atoms with van der Waals surface area (Å²) in [6.45, 7) is 7.38. The van der Waals surface area contributed by atoms with Crippen LogP contribution >= 0.6 is 0 Å². The van der Waals surface area contributed by atoms with Crippen LogP contribution in [0.4, 0.5) is 0 Å². The molecule has 0 aromatic heterocycles. The van der Waals surface area contributed by atoms with Crippen LogP contribution in [-0.2, 0) is 14.3 Å². The van der Waals surface area contributed by atoms with E-state index in [0.717, 1.165) is 25.7 Å². The smallest absolute Gasteiger partial charge is 0.307 e. The number of hydrogen-bond acceptors (Lipinski definition) is 3. The molecular formula is C26H46O4. The number of carboxylic acids is 1. The van der Waals surface area contributed by atoms with E-state index in [9.17, 15) is 14.7 Å². The predicted molar refractivity (Wildman–Crippen MR) is 126 cm³/mol. The fraction of sp³-hybridized carbons (Fsp3) is 0.769. The first-order valence-electron chi connectivity index (χ1n) is 12.2. The van der Waals surface area contributed by atoms with E-state index in [0.29, 0.717) is 6.42 Å². The zero-order valence-electron chi connectivity index (χ0n) is 19.3. The summed E-state index contributed by atoms with van der Waals surface area (Å²) < 4.78 is 4.89. The minimum atomic E-state index is -0.904. The molecule has 0 aromatic carbocycles. The van der Waals surface area contributed by atoms with Gasteiger partial charge in [-0.05, 0) is 19.3 Å². The van der Waals surface area contributed by atoms with E-state index in [2.05, 4.69) is 13.2 Å². The standard InChI is InChI=1S/C26H46O4/c1-3-5-6-7-8-9-10-11-12-13-14-15-16-17-18-19-20-21-24(26(28)29)23-25(27)30-22-4-2/h3-4,24H,1-2,5-23H2,(H,28,29). The Morgan fingerprint density at radius 3 is 1.53 bits per heavy atom. The van der Waals surface area contributed by atoms with Crippen LogP contribution in [-0.4, -0.2) is 23.7 Å². The SMILES string of the molecule is C=CCCCCCCCCCCCCCCCCCC(CC(=O)OCC=C)C(=O)O. The number of aliphatic carboxylic acids is 1. The third kappa shape index (κ3) is 19.7. The normalized spacial score (nSPS) is 11.7. The maximum absolute atomic E-state index is 11.6. The van der Waals surface area contributed by atoms with Crippen molar-refractivity contribution in [3.05, 3.63) is 25.3 Å². The molecule has 0 aliphatic heterocycles. The third-order valence-electron chi connectivity index (χ3n) is 5.59. The summed E-state index contributed by atoms with van der Waals surface area (Å²) in [6, 6.07) is 0. The summed E-state index contributed by atoms with van der Waals surface area (Å²) in [5.41, 5.74) is 0. The van der Waals surface area contributed by atoms with Gasteiger partial charge in [0.25, 0.3) is 0 Å². The van der Waals surface area contributed by atoms with Crippen LogP contribution < -0.4 is 0 Å². The molecule has 0 aromatic rings. The Hall–Kier alpha value is -1.58. The number of carbonyl (C=O) groups is 2. The number of carboxylic acid groups (broad SMARTS) is 1. The van der Waals surface area contributed by atoms with Crippen LogP contribution in [0.5, 0.6) is 0 Å². The number of allylic oxidation sites excluding steroid dienone is 1. The molecule has 0 heterocycles. The number of rotatable bonds is 23. The van der Waals surface area contributed by atoms with Gasteiger partial charge in [0.1, 0.15) is 6.61 Å². The number of esters is 1. The van der Waals surface area contributed by atoms with Crippen LogP contribution in [0.15, 0.2) is 25.3 Å². The van der Waals surface area contributed by atoms with Crippen molar-refractivity contribution in [3.63, 3.8) is 0 Å². The third-order valence-corrected chi connectivity index (χ3v) is 5.59. The second-order valence-electron chi connectivity index (χ2n) is 8.38. The number of unbranched alkanes of at least 4 members (excludes halogenated alkanes) is 15.